The van der Waals surface area contributed by atoms with Crippen molar-refractivity contribution in [3.05, 3.63) is 17.5 Å². The number of hydrogen-bond acceptors (Lipinski definition) is 6. The van der Waals surface area contributed by atoms with E-state index in [9.17, 15) is 13.2 Å². The van der Waals surface area contributed by atoms with Crippen LogP contribution in [-0.2, 0) is 9.84 Å². The minimum Gasteiger partial charge on any atom is -0.347 e. The van der Waals surface area contributed by atoms with Crippen LogP contribution in [0.4, 0.5) is 0 Å². The van der Waals surface area contributed by atoms with Gasteiger partial charge in [-0.3, -0.25) is 4.79 Å². The first-order chi connectivity index (χ1) is 8.89. The molecule has 6 nitrogen and oxygen atoms in total. The molecule has 0 radical (unpaired) electrons. The van der Waals surface area contributed by atoms with Gasteiger partial charge in [0.1, 0.15) is 5.69 Å². The van der Waals surface area contributed by atoms with E-state index < -0.39 is 9.84 Å². The number of carbonyl (C=O) groups excluding carboxylic acids is 1. The first kappa shape index (κ1) is 14.3. The second-order valence-corrected chi connectivity index (χ2v) is 7.46. The number of nitrogens with one attached hydrogen (secondary N) is 1. The van der Waals surface area contributed by atoms with Crippen LogP contribution in [0.1, 0.15) is 22.6 Å². The lowest BCUT2D eigenvalue weighted by molar-refractivity contribution is 0.0935. The normalized spacial score (nSPS) is 21.3. The van der Waals surface area contributed by atoms with Crippen LogP contribution in [0, 0.1) is 6.92 Å². The van der Waals surface area contributed by atoms with Gasteiger partial charge in [0.25, 0.3) is 5.91 Å². The van der Waals surface area contributed by atoms with Gasteiger partial charge in [0.2, 0.25) is 0 Å². The van der Waals surface area contributed by atoms with Gasteiger partial charge in [-0.1, -0.05) is 11.8 Å². The minimum atomic E-state index is -3.00. The molecule has 1 N–H and O–H groups in total. The van der Waals surface area contributed by atoms with E-state index in [1.54, 1.807) is 13.0 Å². The molecule has 0 aromatic carbocycles. The highest BCUT2D eigenvalue weighted by Gasteiger charge is 2.29. The summed E-state index contributed by atoms with van der Waals surface area (Å²) >= 11 is 1.36. The fourth-order valence-electron chi connectivity index (χ4n) is 1.92. The summed E-state index contributed by atoms with van der Waals surface area (Å²) in [4.78, 5) is 20.3. The molecule has 0 aliphatic carbocycles. The Morgan fingerprint density at radius 1 is 1.47 bits per heavy atom. The van der Waals surface area contributed by atoms with Crippen molar-refractivity contribution in [1.29, 1.82) is 0 Å². The minimum absolute atomic E-state index is 0.0121. The first-order valence-electron chi connectivity index (χ1n) is 5.80. The fourth-order valence-corrected chi connectivity index (χ4v) is 4.02. The predicted molar refractivity (Wildman–Crippen MR) is 73.1 cm³/mol. The topological polar surface area (TPSA) is 89.0 Å². The predicted octanol–water partition coefficient (Wildman–Crippen LogP) is 0.424. The Morgan fingerprint density at radius 3 is 2.79 bits per heavy atom. The van der Waals surface area contributed by atoms with Gasteiger partial charge in [0, 0.05) is 11.7 Å². The molecule has 0 spiro atoms. The maximum absolute atomic E-state index is 12.0. The van der Waals surface area contributed by atoms with Crippen molar-refractivity contribution in [2.24, 2.45) is 0 Å². The van der Waals surface area contributed by atoms with Crippen molar-refractivity contribution >= 4 is 27.5 Å². The van der Waals surface area contributed by atoms with Gasteiger partial charge in [0.15, 0.2) is 15.0 Å². The largest absolute Gasteiger partial charge is 0.347 e. The highest BCUT2D eigenvalue weighted by molar-refractivity contribution is 7.98. The van der Waals surface area contributed by atoms with Crippen molar-refractivity contribution in [3.8, 4) is 0 Å². The van der Waals surface area contributed by atoms with Crippen molar-refractivity contribution in [1.82, 2.24) is 15.3 Å². The quantitative estimate of drug-likeness (QED) is 0.643. The van der Waals surface area contributed by atoms with Crippen LogP contribution in [0.25, 0.3) is 0 Å². The fraction of sp³-hybridized carbons (Fsp3) is 0.545. The summed E-state index contributed by atoms with van der Waals surface area (Å²) in [5, 5.41) is 3.24. The number of nitrogens with zero attached hydrogens (tertiary/aromatic N) is 2. The summed E-state index contributed by atoms with van der Waals surface area (Å²) in [7, 11) is -3.00. The molecule has 1 aromatic heterocycles. The Bertz CT molecular complexity index is 601. The van der Waals surface area contributed by atoms with Crippen LogP contribution in [0.2, 0.25) is 0 Å². The molecule has 1 fully saturated rings. The van der Waals surface area contributed by atoms with E-state index >= 15 is 0 Å². The van der Waals surface area contributed by atoms with Gasteiger partial charge in [-0.2, -0.15) is 0 Å². The van der Waals surface area contributed by atoms with E-state index in [4.69, 9.17) is 0 Å². The van der Waals surface area contributed by atoms with Gasteiger partial charge in [-0.25, -0.2) is 18.4 Å². The number of amides is 1. The van der Waals surface area contributed by atoms with E-state index in [1.807, 2.05) is 6.26 Å². The van der Waals surface area contributed by atoms with Crippen LogP contribution in [0.5, 0.6) is 0 Å². The monoisotopic (exact) mass is 301 g/mol. The number of aryl methyl sites for hydroxylation is 1. The molecule has 2 heterocycles. The van der Waals surface area contributed by atoms with Gasteiger partial charge in [0.05, 0.1) is 11.5 Å². The van der Waals surface area contributed by atoms with Crippen molar-refractivity contribution in [2.75, 3.05) is 17.8 Å². The summed E-state index contributed by atoms with van der Waals surface area (Å²) in [6.07, 6.45) is 2.30. The average Bonchev–Trinajstić information content (AvgIpc) is 2.67. The molecule has 0 saturated carbocycles. The van der Waals surface area contributed by atoms with Crippen molar-refractivity contribution in [2.45, 2.75) is 24.5 Å². The number of rotatable bonds is 3. The van der Waals surface area contributed by atoms with Gasteiger partial charge in [-0.05, 0) is 25.7 Å². The molecule has 1 atom stereocenters. The first-order valence-corrected chi connectivity index (χ1v) is 8.85. The Kier molecular flexibility index (Phi) is 4.10. The standard InChI is InChI=1S/C11H15N3O3S2/c1-7-5-9(14-11(12-7)18-2)10(15)13-8-3-4-19(16,17)6-8/h5,8H,3-4,6H2,1-2H3,(H,13,15). The second-order valence-electron chi connectivity index (χ2n) is 4.45. The van der Waals surface area contributed by atoms with Crippen LogP contribution < -0.4 is 5.32 Å². The maximum atomic E-state index is 12.0. The van der Waals surface area contributed by atoms with E-state index in [2.05, 4.69) is 15.3 Å². The molecular weight excluding hydrogens is 286 g/mol. The third-order valence-electron chi connectivity index (χ3n) is 2.82. The zero-order valence-corrected chi connectivity index (χ0v) is 12.3. The average molecular weight is 301 g/mol. The SMILES string of the molecule is CSc1nc(C)cc(C(=O)NC2CCS(=O)(=O)C2)n1. The Labute approximate surface area is 116 Å². The molecule has 1 aliphatic heterocycles. The van der Waals surface area contributed by atoms with E-state index in [1.165, 1.54) is 11.8 Å². The summed E-state index contributed by atoms with van der Waals surface area (Å²) in [5.74, 6) is -0.197. The molecule has 1 aliphatic rings. The summed E-state index contributed by atoms with van der Waals surface area (Å²) in [6.45, 7) is 1.79. The highest BCUT2D eigenvalue weighted by atomic mass is 32.2. The lowest BCUT2D eigenvalue weighted by Crippen LogP contribution is -2.36. The molecule has 1 unspecified atom stereocenters. The third kappa shape index (κ3) is 3.66. The summed E-state index contributed by atoms with van der Waals surface area (Å²) < 4.78 is 22.7. The smallest absolute Gasteiger partial charge is 0.270 e. The zero-order chi connectivity index (χ0) is 14.0. The number of carbonyl (C=O) groups is 1. The van der Waals surface area contributed by atoms with Gasteiger partial charge >= 0.3 is 0 Å². The van der Waals surface area contributed by atoms with Crippen molar-refractivity contribution < 1.29 is 13.2 Å². The molecule has 2 rings (SSSR count). The Morgan fingerprint density at radius 2 is 2.21 bits per heavy atom. The molecule has 19 heavy (non-hydrogen) atoms. The van der Waals surface area contributed by atoms with E-state index in [-0.39, 0.29) is 29.1 Å². The number of aromatic nitrogens is 2. The third-order valence-corrected chi connectivity index (χ3v) is 5.13. The summed E-state index contributed by atoms with van der Waals surface area (Å²) in [5.41, 5.74) is 0.990. The molecule has 104 valence electrons. The maximum Gasteiger partial charge on any atom is 0.270 e. The molecule has 8 heteroatoms. The molecule has 1 amide bonds. The summed E-state index contributed by atoms with van der Waals surface area (Å²) in [6, 6.07) is 1.28. The highest BCUT2D eigenvalue weighted by Crippen LogP contribution is 2.13. The molecule has 1 saturated heterocycles. The van der Waals surface area contributed by atoms with Crippen LogP contribution in [0.15, 0.2) is 11.2 Å². The second kappa shape index (κ2) is 5.46. The molecular formula is C11H15N3O3S2. The van der Waals surface area contributed by atoms with Crippen LogP contribution in [-0.4, -0.2) is 48.1 Å². The molecule has 0 bridgehead atoms. The lowest BCUT2D eigenvalue weighted by atomic mass is 10.2. The lowest BCUT2D eigenvalue weighted by Gasteiger charge is -2.10. The van der Waals surface area contributed by atoms with Gasteiger partial charge < -0.3 is 5.32 Å². The van der Waals surface area contributed by atoms with E-state index in [0.29, 0.717) is 17.3 Å². The van der Waals surface area contributed by atoms with Gasteiger partial charge in [-0.15, -0.1) is 0 Å². The van der Waals surface area contributed by atoms with Crippen molar-refractivity contribution in [3.63, 3.8) is 0 Å². The van der Waals surface area contributed by atoms with Crippen LogP contribution in [0.3, 0.4) is 0 Å². The van der Waals surface area contributed by atoms with Crippen LogP contribution >= 0.6 is 11.8 Å². The number of sulfone groups is 1. The Hall–Kier alpha value is -1.15. The van der Waals surface area contributed by atoms with E-state index in [0.717, 1.165) is 0 Å². The number of hydrogen-bond donors (Lipinski definition) is 1. The Balaban J connectivity index is 2.10. The number of thioether (sulfide) groups is 1. The molecule has 1 aromatic rings. The zero-order valence-electron chi connectivity index (χ0n) is 10.7.